The molecule has 9 heteroatoms. The summed E-state index contributed by atoms with van der Waals surface area (Å²) in [6.45, 7) is -0.209. The molecule has 0 aliphatic carbocycles. The lowest BCUT2D eigenvalue weighted by molar-refractivity contribution is -0.152. The molecule has 156 valence electrons. The number of nitrogens with zero attached hydrogens (tertiary/aromatic N) is 2. The van der Waals surface area contributed by atoms with Crippen molar-refractivity contribution < 1.29 is 29.0 Å². The van der Waals surface area contributed by atoms with Gasteiger partial charge in [0.05, 0.1) is 7.11 Å². The van der Waals surface area contributed by atoms with Gasteiger partial charge in [-0.05, 0) is 17.7 Å². The number of aliphatic carboxylic acids is 1. The van der Waals surface area contributed by atoms with Crippen LogP contribution in [0.5, 0.6) is 5.75 Å². The molecule has 1 fully saturated rings. The molecule has 30 heavy (non-hydrogen) atoms. The molecule has 2 N–H and O–H groups in total. The highest BCUT2D eigenvalue weighted by Crippen LogP contribution is 2.27. The summed E-state index contributed by atoms with van der Waals surface area (Å²) in [6.07, 6.45) is 1.71. The number of amides is 2. The zero-order chi connectivity index (χ0) is 21.7. The first-order chi connectivity index (χ1) is 14.4. The Morgan fingerprint density at radius 3 is 2.63 bits per heavy atom. The van der Waals surface area contributed by atoms with E-state index in [1.807, 2.05) is 30.3 Å². The highest BCUT2D eigenvalue weighted by Gasteiger charge is 2.40. The maximum atomic E-state index is 12.7. The van der Waals surface area contributed by atoms with E-state index in [0.717, 1.165) is 11.1 Å². The summed E-state index contributed by atoms with van der Waals surface area (Å²) in [5.74, 6) is -4.11. The molecular formula is C21H21N3O6. The number of hydrogen-bond donors (Lipinski definition) is 2. The summed E-state index contributed by atoms with van der Waals surface area (Å²) >= 11 is 0. The minimum absolute atomic E-state index is 0.0418. The fourth-order valence-electron chi connectivity index (χ4n) is 3.26. The molecule has 1 aromatic heterocycles. The van der Waals surface area contributed by atoms with E-state index in [4.69, 9.17) is 9.84 Å². The number of rotatable bonds is 7. The predicted molar refractivity (Wildman–Crippen MR) is 105 cm³/mol. The van der Waals surface area contributed by atoms with Gasteiger partial charge in [0.15, 0.2) is 11.7 Å². The van der Waals surface area contributed by atoms with E-state index in [2.05, 4.69) is 10.3 Å². The Labute approximate surface area is 172 Å². The van der Waals surface area contributed by atoms with E-state index >= 15 is 0 Å². The van der Waals surface area contributed by atoms with Gasteiger partial charge in [-0.1, -0.05) is 24.3 Å². The number of ether oxygens (including phenoxy) is 1. The molecular weight excluding hydrogens is 390 g/mol. The van der Waals surface area contributed by atoms with Crippen molar-refractivity contribution in [2.45, 2.75) is 13.0 Å². The number of hydrogen-bond acceptors (Lipinski definition) is 6. The molecule has 1 unspecified atom stereocenters. The van der Waals surface area contributed by atoms with Crippen LogP contribution in [0, 0.1) is 5.92 Å². The number of carbonyl (C=O) groups is 4. The maximum Gasteiger partial charge on any atom is 0.322 e. The van der Waals surface area contributed by atoms with Gasteiger partial charge in [-0.25, -0.2) is 0 Å². The lowest BCUT2D eigenvalue weighted by Gasteiger charge is -2.30. The average molecular weight is 411 g/mol. The predicted octanol–water partition coefficient (Wildman–Crippen LogP) is 0.876. The van der Waals surface area contributed by atoms with Crippen molar-refractivity contribution in [2.75, 3.05) is 20.2 Å². The van der Waals surface area contributed by atoms with Crippen molar-refractivity contribution >= 4 is 23.6 Å². The highest BCUT2D eigenvalue weighted by atomic mass is 16.5. The number of nitrogens with one attached hydrogen (secondary N) is 1. The van der Waals surface area contributed by atoms with Crippen LogP contribution in [0.3, 0.4) is 0 Å². The number of carboxylic acids is 1. The Hall–Kier alpha value is -3.75. The number of ketones is 1. The Morgan fingerprint density at radius 1 is 1.23 bits per heavy atom. The van der Waals surface area contributed by atoms with Gasteiger partial charge in [0.1, 0.15) is 18.0 Å². The van der Waals surface area contributed by atoms with Crippen molar-refractivity contribution in [3.63, 3.8) is 0 Å². The van der Waals surface area contributed by atoms with Crippen molar-refractivity contribution in [1.29, 1.82) is 0 Å². The Kier molecular flexibility index (Phi) is 6.41. The van der Waals surface area contributed by atoms with Crippen LogP contribution < -0.4 is 10.1 Å². The molecule has 0 radical (unpaired) electrons. The summed E-state index contributed by atoms with van der Waals surface area (Å²) in [6, 6.07) is 11.0. The number of carbonyl (C=O) groups excluding carboxylic acids is 3. The molecule has 9 nitrogen and oxygen atoms in total. The Bertz CT molecular complexity index is 973. The van der Waals surface area contributed by atoms with E-state index < -0.39 is 36.0 Å². The number of piperidine rings is 1. The first-order valence-corrected chi connectivity index (χ1v) is 9.30. The number of Topliss-reactive ketones (excluding diaryl/α,β-unsaturated/α-hetero) is 1. The minimum Gasteiger partial charge on any atom is -0.494 e. The zero-order valence-corrected chi connectivity index (χ0v) is 16.3. The van der Waals surface area contributed by atoms with Gasteiger partial charge in [-0.2, -0.15) is 0 Å². The fourth-order valence-corrected chi connectivity index (χ4v) is 3.26. The third-order valence-electron chi connectivity index (χ3n) is 4.78. The van der Waals surface area contributed by atoms with Crippen LogP contribution in [-0.4, -0.2) is 58.8 Å². The van der Waals surface area contributed by atoms with Crippen LogP contribution in [0.4, 0.5) is 0 Å². The van der Waals surface area contributed by atoms with E-state index in [9.17, 15) is 19.2 Å². The fraction of sp³-hybridized carbons (Fsp3) is 0.286. The first kappa shape index (κ1) is 21.0. The van der Waals surface area contributed by atoms with Gasteiger partial charge in [-0.15, -0.1) is 0 Å². The second-order valence-corrected chi connectivity index (χ2v) is 6.77. The number of aromatic nitrogens is 1. The largest absolute Gasteiger partial charge is 0.494 e. The minimum atomic E-state index is -1.50. The molecule has 1 aromatic carbocycles. The Balaban J connectivity index is 1.71. The van der Waals surface area contributed by atoms with Crippen molar-refractivity contribution in [1.82, 2.24) is 15.2 Å². The van der Waals surface area contributed by atoms with Gasteiger partial charge < -0.3 is 20.1 Å². The van der Waals surface area contributed by atoms with E-state index in [1.54, 1.807) is 19.4 Å². The number of pyridine rings is 1. The topological polar surface area (TPSA) is 126 Å². The standard InChI is InChI=1S/C21H21N3O6/c1-30-16-3-2-9-22-19(16)14-6-4-13(5-7-14)12-24-10-8-15(25)18(21(24)29)20(28)23-11-17(26)27/h2-7,9,18H,8,10-12H2,1H3,(H,23,28)(H,26,27). The second kappa shape index (κ2) is 9.17. The molecule has 1 aliphatic rings. The number of likely N-dealkylation sites (tertiary alicyclic amines) is 1. The molecule has 0 bridgehead atoms. The number of carboxylic acid groups (broad SMARTS) is 1. The molecule has 3 rings (SSSR count). The van der Waals surface area contributed by atoms with Gasteiger partial charge in [0.25, 0.3) is 0 Å². The number of methoxy groups -OCH3 is 1. The molecule has 2 amide bonds. The van der Waals surface area contributed by atoms with Crippen molar-refractivity contribution in [3.8, 4) is 17.0 Å². The highest BCUT2D eigenvalue weighted by molar-refractivity contribution is 6.19. The third-order valence-corrected chi connectivity index (χ3v) is 4.78. The second-order valence-electron chi connectivity index (χ2n) is 6.77. The lowest BCUT2D eigenvalue weighted by atomic mass is 9.94. The van der Waals surface area contributed by atoms with Crippen LogP contribution in [0.25, 0.3) is 11.3 Å². The van der Waals surface area contributed by atoms with E-state index in [-0.39, 0.29) is 19.5 Å². The molecule has 2 heterocycles. The van der Waals surface area contributed by atoms with Crippen LogP contribution in [-0.2, 0) is 25.7 Å². The normalized spacial score (nSPS) is 16.3. The quantitative estimate of drug-likeness (QED) is 0.648. The zero-order valence-electron chi connectivity index (χ0n) is 16.3. The summed E-state index contributed by atoms with van der Waals surface area (Å²) in [5, 5.41) is 10.8. The van der Waals surface area contributed by atoms with Gasteiger partial charge in [0.2, 0.25) is 11.8 Å². The molecule has 1 atom stereocenters. The maximum absolute atomic E-state index is 12.7. The first-order valence-electron chi connectivity index (χ1n) is 9.30. The van der Waals surface area contributed by atoms with Crippen LogP contribution in [0.2, 0.25) is 0 Å². The average Bonchev–Trinajstić information content (AvgIpc) is 2.75. The molecule has 0 saturated carbocycles. The smallest absolute Gasteiger partial charge is 0.322 e. The van der Waals surface area contributed by atoms with Gasteiger partial charge >= 0.3 is 5.97 Å². The summed E-state index contributed by atoms with van der Waals surface area (Å²) in [7, 11) is 1.57. The molecule has 1 saturated heterocycles. The Morgan fingerprint density at radius 2 is 1.97 bits per heavy atom. The van der Waals surface area contributed by atoms with E-state index in [0.29, 0.717) is 11.4 Å². The molecule has 1 aliphatic heterocycles. The van der Waals surface area contributed by atoms with Crippen molar-refractivity contribution in [3.05, 3.63) is 48.2 Å². The van der Waals surface area contributed by atoms with Crippen LogP contribution >= 0.6 is 0 Å². The van der Waals surface area contributed by atoms with Crippen molar-refractivity contribution in [2.24, 2.45) is 5.92 Å². The van der Waals surface area contributed by atoms with E-state index in [1.165, 1.54) is 4.90 Å². The van der Waals surface area contributed by atoms with Crippen LogP contribution in [0.1, 0.15) is 12.0 Å². The lowest BCUT2D eigenvalue weighted by Crippen LogP contribution is -2.52. The van der Waals surface area contributed by atoms with Gasteiger partial charge in [0, 0.05) is 31.3 Å². The monoisotopic (exact) mass is 411 g/mol. The third kappa shape index (κ3) is 4.62. The summed E-state index contributed by atoms with van der Waals surface area (Å²) < 4.78 is 5.32. The SMILES string of the molecule is COc1cccnc1-c1ccc(CN2CCC(=O)C(C(=O)NCC(=O)O)C2=O)cc1. The molecule has 0 spiro atoms. The van der Waals surface area contributed by atoms with Crippen LogP contribution in [0.15, 0.2) is 42.6 Å². The van der Waals surface area contributed by atoms with Gasteiger partial charge in [-0.3, -0.25) is 24.2 Å². The number of benzene rings is 1. The summed E-state index contributed by atoms with van der Waals surface area (Å²) in [5.41, 5.74) is 2.37. The molecule has 2 aromatic rings. The summed E-state index contributed by atoms with van der Waals surface area (Å²) in [4.78, 5) is 53.2.